The van der Waals surface area contributed by atoms with Gasteiger partial charge in [0.1, 0.15) is 0 Å². The van der Waals surface area contributed by atoms with Gasteiger partial charge in [-0.1, -0.05) is 35.9 Å². The fraction of sp³-hybridized carbons (Fsp3) is 0.0769. The van der Waals surface area contributed by atoms with Crippen LogP contribution < -0.4 is 5.73 Å². The van der Waals surface area contributed by atoms with Crippen LogP contribution in [0.2, 0.25) is 5.02 Å². The van der Waals surface area contributed by atoms with Crippen molar-refractivity contribution in [3.63, 3.8) is 0 Å². The predicted octanol–water partition coefficient (Wildman–Crippen LogP) is 3.08. The molecule has 0 unspecified atom stereocenters. The minimum atomic E-state index is -0.0654. The summed E-state index contributed by atoms with van der Waals surface area (Å²) in [4.78, 5) is 0. The quantitative estimate of drug-likeness (QED) is 0.783. The fourth-order valence-corrected chi connectivity index (χ4v) is 1.85. The van der Waals surface area contributed by atoms with Crippen LogP contribution in [0.1, 0.15) is 5.56 Å². The standard InChI is InChI=1S/C13H12ClNO/c14-12-4-2-1-3-11(12)9-5-6-13(15)10(7-9)8-16/h1-7,16H,8,15H2. The molecule has 16 heavy (non-hydrogen) atoms. The molecule has 2 aromatic rings. The van der Waals surface area contributed by atoms with Gasteiger partial charge >= 0.3 is 0 Å². The topological polar surface area (TPSA) is 46.2 Å². The maximum absolute atomic E-state index is 9.15. The lowest BCUT2D eigenvalue weighted by molar-refractivity contribution is 0.282. The van der Waals surface area contributed by atoms with E-state index >= 15 is 0 Å². The van der Waals surface area contributed by atoms with Gasteiger partial charge in [-0.15, -0.1) is 0 Å². The van der Waals surface area contributed by atoms with Crippen LogP contribution >= 0.6 is 11.6 Å². The van der Waals surface area contributed by atoms with Crippen LogP contribution in [0.15, 0.2) is 42.5 Å². The number of hydrogen-bond acceptors (Lipinski definition) is 2. The summed E-state index contributed by atoms with van der Waals surface area (Å²) in [5.74, 6) is 0. The molecule has 0 aromatic heterocycles. The Morgan fingerprint density at radius 2 is 1.88 bits per heavy atom. The normalized spacial score (nSPS) is 10.4. The molecular formula is C13H12ClNO. The molecule has 0 saturated carbocycles. The highest BCUT2D eigenvalue weighted by Crippen LogP contribution is 2.29. The Hall–Kier alpha value is -1.51. The Labute approximate surface area is 99.3 Å². The van der Waals surface area contributed by atoms with Crippen LogP contribution in [0.25, 0.3) is 11.1 Å². The van der Waals surface area contributed by atoms with E-state index in [1.54, 1.807) is 6.07 Å². The number of nitrogen functional groups attached to an aromatic ring is 1. The number of rotatable bonds is 2. The van der Waals surface area contributed by atoms with Crippen molar-refractivity contribution < 1.29 is 5.11 Å². The Kier molecular flexibility index (Phi) is 3.13. The summed E-state index contributed by atoms with van der Waals surface area (Å²) in [6.07, 6.45) is 0. The molecule has 0 amide bonds. The van der Waals surface area contributed by atoms with E-state index in [-0.39, 0.29) is 6.61 Å². The third-order valence-electron chi connectivity index (χ3n) is 2.50. The minimum Gasteiger partial charge on any atom is -0.398 e. The zero-order valence-corrected chi connectivity index (χ0v) is 9.41. The first-order valence-electron chi connectivity index (χ1n) is 4.96. The SMILES string of the molecule is Nc1ccc(-c2ccccc2Cl)cc1CO. The highest BCUT2D eigenvalue weighted by atomic mass is 35.5. The van der Waals surface area contributed by atoms with Gasteiger partial charge in [-0.2, -0.15) is 0 Å². The van der Waals surface area contributed by atoms with Crippen molar-refractivity contribution in [3.05, 3.63) is 53.1 Å². The average Bonchev–Trinajstić information content (AvgIpc) is 2.31. The van der Waals surface area contributed by atoms with E-state index < -0.39 is 0 Å². The van der Waals surface area contributed by atoms with E-state index in [1.165, 1.54) is 0 Å². The van der Waals surface area contributed by atoms with Crippen molar-refractivity contribution >= 4 is 17.3 Å². The number of benzene rings is 2. The summed E-state index contributed by atoms with van der Waals surface area (Å²) >= 11 is 6.10. The summed E-state index contributed by atoms with van der Waals surface area (Å²) in [6.45, 7) is -0.0654. The molecule has 0 aliphatic carbocycles. The molecular weight excluding hydrogens is 222 g/mol. The van der Waals surface area contributed by atoms with Gasteiger partial charge in [-0.25, -0.2) is 0 Å². The molecule has 0 spiro atoms. The Morgan fingerprint density at radius 3 is 2.56 bits per heavy atom. The van der Waals surface area contributed by atoms with Crippen molar-refractivity contribution in [2.75, 3.05) is 5.73 Å². The van der Waals surface area contributed by atoms with E-state index in [1.807, 2.05) is 36.4 Å². The van der Waals surface area contributed by atoms with Crippen LogP contribution in [-0.4, -0.2) is 5.11 Å². The molecule has 3 N–H and O–H groups in total. The van der Waals surface area contributed by atoms with E-state index in [0.29, 0.717) is 10.7 Å². The lowest BCUT2D eigenvalue weighted by atomic mass is 10.0. The molecule has 2 nitrogen and oxygen atoms in total. The monoisotopic (exact) mass is 233 g/mol. The molecule has 2 rings (SSSR count). The zero-order valence-electron chi connectivity index (χ0n) is 8.65. The van der Waals surface area contributed by atoms with E-state index in [0.717, 1.165) is 16.7 Å². The van der Waals surface area contributed by atoms with Crippen molar-refractivity contribution in [2.24, 2.45) is 0 Å². The van der Waals surface area contributed by atoms with Gasteiger partial charge in [-0.05, 0) is 23.8 Å². The minimum absolute atomic E-state index is 0.0654. The molecule has 0 atom stereocenters. The summed E-state index contributed by atoms with van der Waals surface area (Å²) < 4.78 is 0. The fourth-order valence-electron chi connectivity index (χ4n) is 1.61. The first-order chi connectivity index (χ1) is 7.72. The van der Waals surface area contributed by atoms with Crippen LogP contribution in [0.4, 0.5) is 5.69 Å². The van der Waals surface area contributed by atoms with Crippen molar-refractivity contribution in [2.45, 2.75) is 6.61 Å². The van der Waals surface area contributed by atoms with Gasteiger partial charge in [0, 0.05) is 21.8 Å². The molecule has 0 radical (unpaired) electrons. The summed E-state index contributed by atoms with van der Waals surface area (Å²) in [7, 11) is 0. The third kappa shape index (κ3) is 2.03. The molecule has 3 heteroatoms. The molecule has 82 valence electrons. The predicted molar refractivity (Wildman–Crippen MR) is 67.2 cm³/mol. The Balaban J connectivity index is 2.53. The summed E-state index contributed by atoms with van der Waals surface area (Å²) in [6, 6.07) is 13.1. The maximum Gasteiger partial charge on any atom is 0.0702 e. The molecule has 0 bridgehead atoms. The molecule has 0 fully saturated rings. The molecule has 2 aromatic carbocycles. The maximum atomic E-state index is 9.15. The zero-order chi connectivity index (χ0) is 11.5. The summed E-state index contributed by atoms with van der Waals surface area (Å²) in [5, 5.41) is 9.84. The van der Waals surface area contributed by atoms with Gasteiger partial charge in [0.25, 0.3) is 0 Å². The van der Waals surface area contributed by atoms with Crippen molar-refractivity contribution in [3.8, 4) is 11.1 Å². The summed E-state index contributed by atoms with van der Waals surface area (Å²) in [5.41, 5.74) is 8.94. The molecule has 0 aliphatic rings. The third-order valence-corrected chi connectivity index (χ3v) is 2.83. The first kappa shape index (κ1) is 11.0. The molecule has 0 saturated heterocycles. The molecule has 0 heterocycles. The number of hydrogen-bond donors (Lipinski definition) is 2. The van der Waals surface area contributed by atoms with E-state index in [9.17, 15) is 0 Å². The van der Waals surface area contributed by atoms with Crippen LogP contribution in [0.3, 0.4) is 0 Å². The van der Waals surface area contributed by atoms with Gasteiger partial charge in [0.2, 0.25) is 0 Å². The average molecular weight is 234 g/mol. The van der Waals surface area contributed by atoms with Crippen molar-refractivity contribution in [1.82, 2.24) is 0 Å². The van der Waals surface area contributed by atoms with E-state index in [2.05, 4.69) is 0 Å². The van der Waals surface area contributed by atoms with E-state index in [4.69, 9.17) is 22.4 Å². The van der Waals surface area contributed by atoms with Crippen LogP contribution in [-0.2, 0) is 6.61 Å². The number of halogens is 1. The van der Waals surface area contributed by atoms with Crippen LogP contribution in [0.5, 0.6) is 0 Å². The highest BCUT2D eigenvalue weighted by Gasteiger charge is 2.05. The lowest BCUT2D eigenvalue weighted by Gasteiger charge is -2.08. The second kappa shape index (κ2) is 4.56. The van der Waals surface area contributed by atoms with Gasteiger partial charge in [0.15, 0.2) is 0 Å². The van der Waals surface area contributed by atoms with Gasteiger partial charge in [-0.3, -0.25) is 0 Å². The van der Waals surface area contributed by atoms with Crippen LogP contribution in [0, 0.1) is 0 Å². The number of nitrogens with two attached hydrogens (primary N) is 1. The Morgan fingerprint density at radius 1 is 1.12 bits per heavy atom. The lowest BCUT2D eigenvalue weighted by Crippen LogP contribution is -1.94. The van der Waals surface area contributed by atoms with Gasteiger partial charge < -0.3 is 10.8 Å². The number of aliphatic hydroxyl groups excluding tert-OH is 1. The molecule has 0 aliphatic heterocycles. The van der Waals surface area contributed by atoms with Crippen molar-refractivity contribution in [1.29, 1.82) is 0 Å². The first-order valence-corrected chi connectivity index (χ1v) is 5.34. The smallest absolute Gasteiger partial charge is 0.0702 e. The Bertz CT molecular complexity index is 511. The second-order valence-electron chi connectivity index (χ2n) is 3.55. The second-order valence-corrected chi connectivity index (χ2v) is 3.96. The largest absolute Gasteiger partial charge is 0.398 e. The number of anilines is 1. The number of aliphatic hydroxyl groups is 1. The van der Waals surface area contributed by atoms with Gasteiger partial charge in [0.05, 0.1) is 6.61 Å². The highest BCUT2D eigenvalue weighted by molar-refractivity contribution is 6.33.